The van der Waals surface area contributed by atoms with Crippen LogP contribution in [0.2, 0.25) is 0 Å². The monoisotopic (exact) mass is 547 g/mol. The lowest BCUT2D eigenvalue weighted by molar-refractivity contribution is -0.137. The van der Waals surface area contributed by atoms with Crippen LogP contribution in [0.4, 0.5) is 35.0 Å². The van der Waals surface area contributed by atoms with E-state index < -0.39 is 17.6 Å². The highest BCUT2D eigenvalue weighted by Gasteiger charge is 2.31. The number of benzene rings is 3. The quantitative estimate of drug-likeness (QED) is 0.289. The van der Waals surface area contributed by atoms with Gasteiger partial charge in [-0.1, -0.05) is 48.5 Å². The van der Waals surface area contributed by atoms with Crippen molar-refractivity contribution in [3.63, 3.8) is 0 Å². The third-order valence-electron chi connectivity index (χ3n) is 7.03. The maximum absolute atomic E-state index is 15.0. The Bertz CT molecular complexity index is 1660. The molecule has 1 fully saturated rings. The summed E-state index contributed by atoms with van der Waals surface area (Å²) in [5.74, 6) is 0.245. The zero-order valence-electron chi connectivity index (χ0n) is 21.3. The molecule has 2 aromatic heterocycles. The molecule has 0 amide bonds. The number of alkyl halides is 3. The minimum absolute atomic E-state index is 0.282. The molecule has 5 aromatic rings. The fraction of sp³-hybridized carbons (Fsp3) is 0.207. The summed E-state index contributed by atoms with van der Waals surface area (Å²) in [6.07, 6.45) is -4.41. The average molecular weight is 548 g/mol. The number of aromatic nitrogens is 4. The number of fused-ring (bicyclic) bond motifs is 1. The smallest absolute Gasteiger partial charge is 0.383 e. The molecule has 0 atom stereocenters. The lowest BCUT2D eigenvalue weighted by Gasteiger charge is -2.36. The minimum Gasteiger partial charge on any atom is -0.383 e. The summed E-state index contributed by atoms with van der Waals surface area (Å²) in [5, 5.41) is 5.11. The van der Waals surface area contributed by atoms with Crippen molar-refractivity contribution in [1.82, 2.24) is 19.7 Å². The van der Waals surface area contributed by atoms with Gasteiger partial charge in [-0.25, -0.2) is 14.1 Å². The van der Waals surface area contributed by atoms with E-state index in [1.54, 1.807) is 28.9 Å². The Balaban J connectivity index is 1.34. The normalized spacial score (nSPS) is 14.2. The van der Waals surface area contributed by atoms with Gasteiger partial charge in [-0.2, -0.15) is 18.2 Å². The van der Waals surface area contributed by atoms with Gasteiger partial charge in [0.2, 0.25) is 5.95 Å². The van der Waals surface area contributed by atoms with Gasteiger partial charge in [-0.05, 0) is 35.9 Å². The number of nitrogens with zero attached hydrogens (tertiary/aromatic N) is 6. The van der Waals surface area contributed by atoms with Crippen LogP contribution in [0.5, 0.6) is 0 Å². The molecule has 3 heterocycles. The van der Waals surface area contributed by atoms with Crippen molar-refractivity contribution in [1.29, 1.82) is 0 Å². The standard InChI is InChI=1S/C29H25F4N7/c30-23-12-5-4-11-22(23)25-24-26(34)40(18-19-7-2-1-3-8-19)37-27(24)36-28(35-25)39-15-13-38(14-16-39)21-10-6-9-20(17-21)29(31,32)33/h1-12,17H,13-16,18,34H2. The van der Waals surface area contributed by atoms with Crippen molar-refractivity contribution in [3.8, 4) is 11.3 Å². The van der Waals surface area contributed by atoms with Crippen LogP contribution < -0.4 is 15.5 Å². The molecule has 6 rings (SSSR count). The van der Waals surface area contributed by atoms with E-state index in [-0.39, 0.29) is 5.56 Å². The third kappa shape index (κ3) is 4.90. The van der Waals surface area contributed by atoms with Gasteiger partial charge in [0.05, 0.1) is 23.2 Å². The van der Waals surface area contributed by atoms with Gasteiger partial charge in [0.15, 0.2) is 5.65 Å². The fourth-order valence-corrected chi connectivity index (χ4v) is 4.95. The van der Waals surface area contributed by atoms with E-state index in [0.29, 0.717) is 66.9 Å². The Morgan fingerprint density at radius 3 is 2.23 bits per heavy atom. The van der Waals surface area contributed by atoms with E-state index in [1.807, 2.05) is 40.1 Å². The summed E-state index contributed by atoms with van der Waals surface area (Å²) < 4.78 is 56.3. The zero-order chi connectivity index (χ0) is 27.9. The average Bonchev–Trinajstić information content (AvgIpc) is 3.28. The highest BCUT2D eigenvalue weighted by Crippen LogP contribution is 2.35. The summed E-state index contributed by atoms with van der Waals surface area (Å²) in [5.41, 5.74) is 8.31. The first kappa shape index (κ1) is 25.6. The van der Waals surface area contributed by atoms with Crippen LogP contribution in [0.3, 0.4) is 0 Å². The SMILES string of the molecule is Nc1c2c(-c3ccccc3F)nc(N3CCN(c4cccc(C(F)(F)F)c4)CC3)nc2nn1Cc1ccccc1. The van der Waals surface area contributed by atoms with Crippen LogP contribution in [0.1, 0.15) is 11.1 Å². The Morgan fingerprint density at radius 1 is 0.800 bits per heavy atom. The molecule has 0 saturated carbocycles. The second-order valence-corrected chi connectivity index (χ2v) is 9.60. The van der Waals surface area contributed by atoms with Gasteiger partial charge < -0.3 is 15.5 Å². The lowest BCUT2D eigenvalue weighted by Crippen LogP contribution is -2.47. The van der Waals surface area contributed by atoms with Crippen molar-refractivity contribution in [3.05, 3.63) is 95.8 Å². The van der Waals surface area contributed by atoms with E-state index in [4.69, 9.17) is 15.7 Å². The Kier molecular flexibility index (Phi) is 6.49. The van der Waals surface area contributed by atoms with E-state index in [9.17, 15) is 17.6 Å². The maximum Gasteiger partial charge on any atom is 0.416 e. The highest BCUT2D eigenvalue weighted by atomic mass is 19.4. The summed E-state index contributed by atoms with van der Waals surface area (Å²) in [6.45, 7) is 2.24. The first-order valence-electron chi connectivity index (χ1n) is 12.8. The van der Waals surface area contributed by atoms with Crippen molar-refractivity contribution < 1.29 is 17.6 Å². The molecule has 1 aliphatic rings. The van der Waals surface area contributed by atoms with Crippen LogP contribution in [0, 0.1) is 5.82 Å². The van der Waals surface area contributed by atoms with Crippen molar-refractivity contribution in [2.24, 2.45) is 0 Å². The minimum atomic E-state index is -4.41. The second-order valence-electron chi connectivity index (χ2n) is 9.60. The molecule has 1 saturated heterocycles. The number of rotatable bonds is 5. The van der Waals surface area contributed by atoms with Crippen LogP contribution in [-0.2, 0) is 12.7 Å². The largest absolute Gasteiger partial charge is 0.416 e. The second kappa shape index (κ2) is 10.1. The van der Waals surface area contributed by atoms with E-state index in [2.05, 4.69) is 5.10 Å². The van der Waals surface area contributed by atoms with Gasteiger partial charge in [0.25, 0.3) is 0 Å². The van der Waals surface area contributed by atoms with E-state index in [1.165, 1.54) is 12.1 Å². The summed E-state index contributed by atoms with van der Waals surface area (Å²) >= 11 is 0. The lowest BCUT2D eigenvalue weighted by atomic mass is 10.1. The fourth-order valence-electron chi connectivity index (χ4n) is 4.95. The molecule has 0 radical (unpaired) electrons. The molecule has 40 heavy (non-hydrogen) atoms. The van der Waals surface area contributed by atoms with Crippen LogP contribution in [0.15, 0.2) is 78.9 Å². The molecule has 204 valence electrons. The Hall–Kier alpha value is -4.67. The summed E-state index contributed by atoms with van der Waals surface area (Å²) in [7, 11) is 0. The molecule has 11 heteroatoms. The van der Waals surface area contributed by atoms with Crippen molar-refractivity contribution in [2.75, 3.05) is 41.7 Å². The van der Waals surface area contributed by atoms with Gasteiger partial charge in [-0.3, -0.25) is 0 Å². The van der Waals surface area contributed by atoms with Crippen LogP contribution >= 0.6 is 0 Å². The first-order valence-corrected chi connectivity index (χ1v) is 12.8. The van der Waals surface area contributed by atoms with Crippen LogP contribution in [-0.4, -0.2) is 45.9 Å². The van der Waals surface area contributed by atoms with Crippen molar-refractivity contribution >= 4 is 28.5 Å². The number of hydrogen-bond acceptors (Lipinski definition) is 6. The molecular formula is C29H25F4N7. The Morgan fingerprint density at radius 2 is 1.50 bits per heavy atom. The molecule has 7 nitrogen and oxygen atoms in total. The summed E-state index contributed by atoms with van der Waals surface area (Å²) in [4.78, 5) is 13.3. The number of piperazine rings is 1. The maximum atomic E-state index is 15.0. The predicted molar refractivity (Wildman–Crippen MR) is 147 cm³/mol. The van der Waals surface area contributed by atoms with Gasteiger partial charge in [-0.15, -0.1) is 5.10 Å². The number of nitrogen functional groups attached to an aromatic ring is 1. The number of halogens is 4. The molecule has 0 aliphatic carbocycles. The molecule has 0 unspecified atom stereocenters. The molecule has 3 aromatic carbocycles. The van der Waals surface area contributed by atoms with Gasteiger partial charge in [0, 0.05) is 37.4 Å². The molecule has 1 aliphatic heterocycles. The number of anilines is 3. The van der Waals surface area contributed by atoms with Gasteiger partial charge in [0.1, 0.15) is 11.6 Å². The third-order valence-corrected chi connectivity index (χ3v) is 7.03. The molecule has 2 N–H and O–H groups in total. The number of hydrogen-bond donors (Lipinski definition) is 1. The summed E-state index contributed by atoms with van der Waals surface area (Å²) in [6, 6.07) is 21.4. The van der Waals surface area contributed by atoms with Crippen molar-refractivity contribution in [2.45, 2.75) is 12.7 Å². The van der Waals surface area contributed by atoms with Crippen LogP contribution in [0.25, 0.3) is 22.3 Å². The highest BCUT2D eigenvalue weighted by molar-refractivity contribution is 5.99. The predicted octanol–water partition coefficient (Wildman–Crippen LogP) is 5.61. The number of nitrogens with two attached hydrogens (primary N) is 1. The van der Waals surface area contributed by atoms with E-state index in [0.717, 1.165) is 17.7 Å². The topological polar surface area (TPSA) is 76.1 Å². The molecule has 0 bridgehead atoms. The first-order chi connectivity index (χ1) is 19.3. The molecule has 0 spiro atoms. The van der Waals surface area contributed by atoms with E-state index >= 15 is 0 Å². The Labute approximate surface area is 227 Å². The van der Waals surface area contributed by atoms with Gasteiger partial charge >= 0.3 is 6.18 Å². The zero-order valence-corrected chi connectivity index (χ0v) is 21.3. The molecular weight excluding hydrogens is 522 g/mol.